The number of halogens is 3. The number of rotatable bonds is 3. The summed E-state index contributed by atoms with van der Waals surface area (Å²) in [7, 11) is 0. The molecule has 0 spiro atoms. The van der Waals surface area contributed by atoms with Crippen molar-refractivity contribution >= 4 is 29.1 Å². The van der Waals surface area contributed by atoms with Gasteiger partial charge in [-0.1, -0.05) is 36.4 Å². The molecule has 0 radical (unpaired) electrons. The van der Waals surface area contributed by atoms with Crippen LogP contribution in [0.3, 0.4) is 0 Å². The summed E-state index contributed by atoms with van der Waals surface area (Å²) in [5, 5.41) is 2.43. The molecule has 7 nitrogen and oxygen atoms in total. The average Bonchev–Trinajstić information content (AvgIpc) is 2.88. The maximum Gasteiger partial charge on any atom is 0.409 e. The summed E-state index contributed by atoms with van der Waals surface area (Å²) < 4.78 is 41.8. The van der Waals surface area contributed by atoms with Crippen LogP contribution >= 0.6 is 0 Å². The molecule has 0 aliphatic carbocycles. The molecule has 0 aromatic heterocycles. The second-order valence-electron chi connectivity index (χ2n) is 7.89. The van der Waals surface area contributed by atoms with Crippen LogP contribution in [-0.2, 0) is 27.3 Å². The van der Waals surface area contributed by atoms with Crippen molar-refractivity contribution in [2.45, 2.75) is 37.6 Å². The Labute approximate surface area is 182 Å². The Bertz CT molecular complexity index is 1070. The van der Waals surface area contributed by atoms with Gasteiger partial charge in [-0.3, -0.25) is 24.2 Å². The highest BCUT2D eigenvalue weighted by molar-refractivity contribution is 6.05. The SMILES string of the molecule is NC(=O)[C@@H]1Cc2ccccc2CN1CC(=O)N1c2ccccc2NC(=O)CC1C(F)(F)F. The number of carbonyl (C=O) groups is 3. The molecule has 10 heteroatoms. The topological polar surface area (TPSA) is 95.7 Å². The smallest absolute Gasteiger partial charge is 0.368 e. The number of nitrogens with zero attached hydrogens (tertiary/aromatic N) is 2. The molecule has 1 unspecified atom stereocenters. The van der Waals surface area contributed by atoms with Gasteiger partial charge >= 0.3 is 6.18 Å². The van der Waals surface area contributed by atoms with Crippen LogP contribution < -0.4 is 16.0 Å². The van der Waals surface area contributed by atoms with Gasteiger partial charge < -0.3 is 11.1 Å². The van der Waals surface area contributed by atoms with E-state index in [0.29, 0.717) is 4.90 Å². The number of anilines is 2. The van der Waals surface area contributed by atoms with Crippen molar-refractivity contribution in [3.63, 3.8) is 0 Å². The molecule has 2 aliphatic heterocycles. The lowest BCUT2D eigenvalue weighted by Crippen LogP contribution is -2.56. The van der Waals surface area contributed by atoms with Crippen LogP contribution in [0.25, 0.3) is 0 Å². The highest BCUT2D eigenvalue weighted by Crippen LogP contribution is 2.38. The normalized spacial score (nSPS) is 21.2. The second-order valence-corrected chi connectivity index (χ2v) is 7.89. The van der Waals surface area contributed by atoms with Crippen LogP contribution in [0, 0.1) is 0 Å². The van der Waals surface area contributed by atoms with Crippen LogP contribution in [0.2, 0.25) is 0 Å². The number of benzene rings is 2. The number of hydrogen-bond acceptors (Lipinski definition) is 4. The van der Waals surface area contributed by atoms with E-state index in [9.17, 15) is 27.6 Å². The molecular weight excluding hydrogens is 425 g/mol. The Balaban J connectivity index is 1.70. The molecular formula is C22H21F3N4O3. The van der Waals surface area contributed by atoms with E-state index in [0.717, 1.165) is 11.1 Å². The molecule has 4 rings (SSSR count). The Morgan fingerprint density at radius 2 is 1.69 bits per heavy atom. The van der Waals surface area contributed by atoms with E-state index in [2.05, 4.69) is 5.32 Å². The number of hydrogen-bond donors (Lipinski definition) is 2. The number of nitrogens with one attached hydrogen (secondary N) is 1. The van der Waals surface area contributed by atoms with Gasteiger partial charge in [0.2, 0.25) is 17.7 Å². The summed E-state index contributed by atoms with van der Waals surface area (Å²) in [6.45, 7) is -0.268. The van der Waals surface area contributed by atoms with Crippen molar-refractivity contribution in [2.24, 2.45) is 5.73 Å². The minimum atomic E-state index is -4.83. The number of fused-ring (bicyclic) bond motifs is 2. The summed E-state index contributed by atoms with van der Waals surface area (Å²) in [5.41, 5.74) is 7.40. The standard InChI is InChI=1S/C22H21F3N4O3/c23-22(24,25)18-10-19(30)27-15-7-3-4-8-16(15)29(18)20(31)12-28-11-14-6-2-1-5-13(14)9-17(28)21(26)32/h1-8,17-18H,9-12H2,(H2,26,32)(H,27,30)/t17-,18?/m0/s1. The largest absolute Gasteiger partial charge is 0.409 e. The van der Waals surface area contributed by atoms with Crippen molar-refractivity contribution in [3.05, 3.63) is 59.7 Å². The molecule has 2 aromatic carbocycles. The molecule has 2 atom stereocenters. The Morgan fingerprint density at radius 1 is 1.03 bits per heavy atom. The van der Waals surface area contributed by atoms with Gasteiger partial charge in [-0.25, -0.2) is 0 Å². The van der Waals surface area contributed by atoms with Crippen LogP contribution in [0.5, 0.6) is 0 Å². The van der Waals surface area contributed by atoms with Crippen LogP contribution in [0.15, 0.2) is 48.5 Å². The monoisotopic (exact) mass is 446 g/mol. The van der Waals surface area contributed by atoms with Gasteiger partial charge in [0, 0.05) is 6.54 Å². The third-order valence-corrected chi connectivity index (χ3v) is 5.79. The lowest BCUT2D eigenvalue weighted by molar-refractivity contribution is -0.158. The third-order valence-electron chi connectivity index (χ3n) is 5.79. The fraction of sp³-hybridized carbons (Fsp3) is 0.318. The Morgan fingerprint density at radius 3 is 2.38 bits per heavy atom. The lowest BCUT2D eigenvalue weighted by Gasteiger charge is -2.37. The van der Waals surface area contributed by atoms with Gasteiger partial charge in [0.05, 0.1) is 30.4 Å². The molecule has 32 heavy (non-hydrogen) atoms. The summed E-state index contributed by atoms with van der Waals surface area (Å²) in [4.78, 5) is 39.6. The van der Waals surface area contributed by atoms with Crippen molar-refractivity contribution in [2.75, 3.05) is 16.8 Å². The summed E-state index contributed by atoms with van der Waals surface area (Å²) in [6.07, 6.45) is -5.49. The number of nitrogens with two attached hydrogens (primary N) is 1. The third kappa shape index (κ3) is 4.18. The van der Waals surface area contributed by atoms with Gasteiger partial charge in [0.15, 0.2) is 0 Å². The van der Waals surface area contributed by atoms with Crippen LogP contribution in [0.1, 0.15) is 17.5 Å². The fourth-order valence-electron chi connectivity index (χ4n) is 4.27. The average molecular weight is 446 g/mol. The van der Waals surface area contributed by atoms with Crippen molar-refractivity contribution in [1.82, 2.24) is 4.90 Å². The molecule has 168 valence electrons. The van der Waals surface area contributed by atoms with Gasteiger partial charge in [-0.2, -0.15) is 13.2 Å². The fourth-order valence-corrected chi connectivity index (χ4v) is 4.27. The van der Waals surface area contributed by atoms with Crippen molar-refractivity contribution in [1.29, 1.82) is 0 Å². The highest BCUT2D eigenvalue weighted by Gasteiger charge is 2.49. The number of para-hydroxylation sites is 2. The van der Waals surface area contributed by atoms with E-state index in [1.165, 1.54) is 23.1 Å². The first kappa shape index (κ1) is 21.8. The first-order valence-electron chi connectivity index (χ1n) is 10.0. The second kappa shape index (κ2) is 8.27. The Kier molecular flexibility index (Phi) is 5.64. The quantitative estimate of drug-likeness (QED) is 0.756. The van der Waals surface area contributed by atoms with Crippen molar-refractivity contribution in [3.8, 4) is 0 Å². The van der Waals surface area contributed by atoms with Gasteiger partial charge in [-0.15, -0.1) is 0 Å². The molecule has 3 N–H and O–H groups in total. The number of amides is 3. The minimum Gasteiger partial charge on any atom is -0.368 e. The van der Waals surface area contributed by atoms with E-state index in [-0.39, 0.29) is 24.3 Å². The number of alkyl halides is 3. The van der Waals surface area contributed by atoms with E-state index in [4.69, 9.17) is 5.73 Å². The van der Waals surface area contributed by atoms with Gasteiger partial charge in [-0.05, 0) is 29.7 Å². The number of primary amides is 1. The molecule has 0 saturated carbocycles. The van der Waals surface area contributed by atoms with E-state index in [1.807, 2.05) is 24.3 Å². The van der Waals surface area contributed by atoms with Crippen LogP contribution in [-0.4, -0.2) is 47.4 Å². The molecule has 3 amide bonds. The van der Waals surface area contributed by atoms with E-state index < -0.39 is 48.9 Å². The number of carbonyl (C=O) groups excluding carboxylic acids is 3. The van der Waals surface area contributed by atoms with Crippen LogP contribution in [0.4, 0.5) is 24.5 Å². The summed E-state index contributed by atoms with van der Waals surface area (Å²) in [5.74, 6) is -2.37. The molecule has 0 fully saturated rings. The van der Waals surface area contributed by atoms with Gasteiger partial charge in [0.25, 0.3) is 0 Å². The maximum absolute atomic E-state index is 13.9. The zero-order chi connectivity index (χ0) is 23.0. The molecule has 2 heterocycles. The highest BCUT2D eigenvalue weighted by atomic mass is 19.4. The molecule has 0 saturated heterocycles. The van der Waals surface area contributed by atoms with E-state index >= 15 is 0 Å². The first-order valence-corrected chi connectivity index (χ1v) is 10.0. The van der Waals surface area contributed by atoms with Gasteiger partial charge in [0.1, 0.15) is 6.04 Å². The lowest BCUT2D eigenvalue weighted by atomic mass is 9.93. The summed E-state index contributed by atoms with van der Waals surface area (Å²) >= 11 is 0. The predicted octanol–water partition coefficient (Wildman–Crippen LogP) is 2.20. The minimum absolute atomic E-state index is 0.0429. The molecule has 2 aromatic rings. The summed E-state index contributed by atoms with van der Waals surface area (Å²) in [6, 6.07) is 10.0. The Hall–Kier alpha value is -3.40. The zero-order valence-electron chi connectivity index (χ0n) is 16.9. The van der Waals surface area contributed by atoms with Crippen molar-refractivity contribution < 1.29 is 27.6 Å². The molecule has 2 aliphatic rings. The predicted molar refractivity (Wildman–Crippen MR) is 111 cm³/mol. The molecule has 0 bridgehead atoms. The van der Waals surface area contributed by atoms with E-state index in [1.54, 1.807) is 6.07 Å². The first-order chi connectivity index (χ1) is 15.1. The zero-order valence-corrected chi connectivity index (χ0v) is 16.9. The maximum atomic E-state index is 13.9.